The smallest absolute Gasteiger partial charge is 0.235 e. The molecule has 0 N–H and O–H groups in total. The zero-order chi connectivity index (χ0) is 40.7. The summed E-state index contributed by atoms with van der Waals surface area (Å²) in [4.78, 5) is 11.0. The van der Waals surface area contributed by atoms with Crippen LogP contribution in [0.25, 0.3) is 121 Å². The lowest BCUT2D eigenvalue weighted by Gasteiger charge is -2.15. The van der Waals surface area contributed by atoms with Crippen LogP contribution >= 0.6 is 0 Å². The normalized spacial score (nSPS) is 11.9. The van der Waals surface area contributed by atoms with Gasteiger partial charge in [-0.1, -0.05) is 176 Å². The number of aromatic nitrogens is 4. The Labute approximate surface area is 357 Å². The Morgan fingerprint density at radius 3 is 1.74 bits per heavy atom. The summed E-state index contributed by atoms with van der Waals surface area (Å²) >= 11 is 0. The molecule has 0 spiro atoms. The summed E-state index contributed by atoms with van der Waals surface area (Å²) in [7, 11) is 0. The zero-order valence-corrected chi connectivity index (χ0v) is 33.6. The second-order valence-corrected chi connectivity index (χ2v) is 16.1. The van der Waals surface area contributed by atoms with E-state index < -0.39 is 0 Å². The van der Waals surface area contributed by atoms with Gasteiger partial charge in [-0.3, -0.25) is 4.57 Å². The second kappa shape index (κ2) is 13.6. The maximum atomic E-state index is 5.63. The molecule has 3 aromatic heterocycles. The predicted molar refractivity (Wildman–Crippen MR) is 260 cm³/mol. The molecule has 288 valence electrons. The van der Waals surface area contributed by atoms with Crippen LogP contribution in [-0.4, -0.2) is 19.1 Å². The molecule has 0 amide bonds. The van der Waals surface area contributed by atoms with Crippen molar-refractivity contribution in [1.29, 1.82) is 0 Å². The van der Waals surface area contributed by atoms with Gasteiger partial charge in [-0.15, -0.1) is 0 Å². The molecular formula is C58H36N4. The summed E-state index contributed by atoms with van der Waals surface area (Å²) in [5, 5.41) is 10.5. The van der Waals surface area contributed by atoms with E-state index in [1.807, 2.05) is 0 Å². The van der Waals surface area contributed by atoms with Crippen LogP contribution in [0.15, 0.2) is 218 Å². The molecule has 0 saturated heterocycles. The fraction of sp³-hybridized carbons (Fsp3) is 0. The molecule has 0 aliphatic rings. The van der Waals surface area contributed by atoms with Gasteiger partial charge in [0.1, 0.15) is 0 Å². The number of nitrogens with zero attached hydrogens (tertiary/aromatic N) is 4. The van der Waals surface area contributed by atoms with E-state index in [2.05, 4.69) is 228 Å². The monoisotopic (exact) mass is 788 g/mol. The Morgan fingerprint density at radius 2 is 0.903 bits per heavy atom. The van der Waals surface area contributed by atoms with E-state index in [4.69, 9.17) is 9.97 Å². The topological polar surface area (TPSA) is 35.6 Å². The van der Waals surface area contributed by atoms with Crippen LogP contribution in [-0.2, 0) is 0 Å². The Balaban J connectivity index is 1.07. The first-order valence-corrected chi connectivity index (χ1v) is 21.2. The molecule has 10 aromatic carbocycles. The molecular weight excluding hydrogens is 753 g/mol. The summed E-state index contributed by atoms with van der Waals surface area (Å²) in [6.45, 7) is 0. The van der Waals surface area contributed by atoms with E-state index in [1.54, 1.807) is 0 Å². The Kier molecular flexibility index (Phi) is 7.57. The molecule has 0 aliphatic carbocycles. The average Bonchev–Trinajstić information content (AvgIpc) is 3.86. The van der Waals surface area contributed by atoms with Gasteiger partial charge in [0.2, 0.25) is 5.95 Å². The van der Waals surface area contributed by atoms with Crippen molar-refractivity contribution in [3.05, 3.63) is 218 Å². The number of para-hydroxylation sites is 3. The van der Waals surface area contributed by atoms with Crippen LogP contribution in [0.1, 0.15) is 0 Å². The maximum Gasteiger partial charge on any atom is 0.235 e. The van der Waals surface area contributed by atoms with Crippen molar-refractivity contribution >= 4 is 76.1 Å². The summed E-state index contributed by atoms with van der Waals surface area (Å²) in [5.41, 5.74) is 13.3. The first kappa shape index (κ1) is 34.5. The zero-order valence-electron chi connectivity index (χ0n) is 33.6. The standard InChI is InChI=1S/C58H36N4/c1-3-15-37(16-4-1)42-32-33-48(45-22-10-9-21-44(42)45)56-50-24-11-13-25-52(50)59-58(60-56)62-55-36-40(28-30-47(55)49-31-27-38-17-7-8-20-43(38)57(49)62)39-29-34-54-51(35-39)46-23-12-14-26-53(46)61(54)41-18-5-2-6-19-41/h1-36H. The number of hydrogen-bond donors (Lipinski definition) is 0. The second-order valence-electron chi connectivity index (χ2n) is 16.1. The minimum atomic E-state index is 0.643. The molecule has 4 nitrogen and oxygen atoms in total. The molecule has 0 fully saturated rings. The lowest BCUT2D eigenvalue weighted by atomic mass is 9.93. The highest BCUT2D eigenvalue weighted by molar-refractivity contribution is 6.19. The minimum Gasteiger partial charge on any atom is -0.309 e. The van der Waals surface area contributed by atoms with Crippen LogP contribution in [0.3, 0.4) is 0 Å². The van der Waals surface area contributed by atoms with Gasteiger partial charge >= 0.3 is 0 Å². The van der Waals surface area contributed by atoms with E-state index in [-0.39, 0.29) is 0 Å². The van der Waals surface area contributed by atoms with Gasteiger partial charge in [-0.05, 0) is 80.9 Å². The summed E-state index contributed by atoms with van der Waals surface area (Å²) in [6.07, 6.45) is 0. The molecule has 0 saturated carbocycles. The summed E-state index contributed by atoms with van der Waals surface area (Å²) < 4.78 is 4.68. The van der Waals surface area contributed by atoms with E-state index in [0.717, 1.165) is 66.2 Å². The molecule has 0 unspecified atom stereocenters. The van der Waals surface area contributed by atoms with Crippen molar-refractivity contribution < 1.29 is 0 Å². The Bertz CT molecular complexity index is 3920. The fourth-order valence-corrected chi connectivity index (χ4v) is 9.92. The third-order valence-corrected chi connectivity index (χ3v) is 12.7. The SMILES string of the molecule is c1ccc(-c2ccc(-c3nc(-n4c5cc(-c6ccc7c(c6)c6ccccc6n7-c6ccccc6)ccc5c5ccc6ccccc6c54)nc4ccccc34)c3ccccc23)cc1. The van der Waals surface area contributed by atoms with Gasteiger partial charge in [0.25, 0.3) is 0 Å². The van der Waals surface area contributed by atoms with Crippen LogP contribution in [0.2, 0.25) is 0 Å². The molecule has 13 rings (SSSR count). The summed E-state index contributed by atoms with van der Waals surface area (Å²) in [6, 6.07) is 78.6. The molecule has 0 atom stereocenters. The third kappa shape index (κ3) is 5.20. The van der Waals surface area contributed by atoms with Gasteiger partial charge in [0.05, 0.1) is 33.3 Å². The van der Waals surface area contributed by atoms with E-state index in [0.29, 0.717) is 5.95 Å². The van der Waals surface area contributed by atoms with Crippen molar-refractivity contribution in [1.82, 2.24) is 19.1 Å². The highest BCUT2D eigenvalue weighted by atomic mass is 15.2. The largest absolute Gasteiger partial charge is 0.309 e. The minimum absolute atomic E-state index is 0.643. The molecule has 0 aliphatic heterocycles. The van der Waals surface area contributed by atoms with Crippen molar-refractivity contribution in [2.75, 3.05) is 0 Å². The number of rotatable bonds is 5. The van der Waals surface area contributed by atoms with Crippen molar-refractivity contribution in [3.63, 3.8) is 0 Å². The molecule has 0 bridgehead atoms. The molecule has 62 heavy (non-hydrogen) atoms. The van der Waals surface area contributed by atoms with Gasteiger partial charge < -0.3 is 4.57 Å². The Hall–Kier alpha value is -8.34. The first-order valence-electron chi connectivity index (χ1n) is 21.2. The summed E-state index contributed by atoms with van der Waals surface area (Å²) in [5.74, 6) is 0.643. The van der Waals surface area contributed by atoms with E-state index >= 15 is 0 Å². The van der Waals surface area contributed by atoms with Crippen molar-refractivity contribution in [2.45, 2.75) is 0 Å². The van der Waals surface area contributed by atoms with Crippen LogP contribution in [0.4, 0.5) is 0 Å². The quantitative estimate of drug-likeness (QED) is 0.174. The van der Waals surface area contributed by atoms with Gasteiger partial charge in [-0.25, -0.2) is 9.97 Å². The van der Waals surface area contributed by atoms with E-state index in [1.165, 1.54) is 49.1 Å². The van der Waals surface area contributed by atoms with Crippen molar-refractivity contribution in [3.8, 4) is 45.1 Å². The molecule has 3 heterocycles. The van der Waals surface area contributed by atoms with Crippen LogP contribution in [0.5, 0.6) is 0 Å². The Morgan fingerprint density at radius 1 is 0.306 bits per heavy atom. The lowest BCUT2D eigenvalue weighted by molar-refractivity contribution is 1.02. The van der Waals surface area contributed by atoms with Gasteiger partial charge in [0, 0.05) is 43.6 Å². The van der Waals surface area contributed by atoms with Crippen LogP contribution in [0, 0.1) is 0 Å². The predicted octanol–water partition coefficient (Wildman–Crippen LogP) is 15.1. The van der Waals surface area contributed by atoms with Crippen molar-refractivity contribution in [2.24, 2.45) is 0 Å². The number of fused-ring (bicyclic) bond motifs is 10. The fourth-order valence-electron chi connectivity index (χ4n) is 9.92. The van der Waals surface area contributed by atoms with E-state index in [9.17, 15) is 0 Å². The molecule has 0 radical (unpaired) electrons. The van der Waals surface area contributed by atoms with Gasteiger partial charge in [0.15, 0.2) is 0 Å². The number of hydrogen-bond acceptors (Lipinski definition) is 2. The lowest BCUT2D eigenvalue weighted by Crippen LogP contribution is -2.04. The third-order valence-electron chi connectivity index (χ3n) is 12.7. The highest BCUT2D eigenvalue weighted by Crippen LogP contribution is 2.42. The molecule has 13 aromatic rings. The first-order chi connectivity index (χ1) is 30.8. The number of benzene rings is 10. The molecule has 4 heteroatoms. The van der Waals surface area contributed by atoms with Crippen LogP contribution < -0.4 is 0 Å². The maximum absolute atomic E-state index is 5.63. The highest BCUT2D eigenvalue weighted by Gasteiger charge is 2.22. The average molecular weight is 789 g/mol. The van der Waals surface area contributed by atoms with Gasteiger partial charge in [-0.2, -0.15) is 0 Å².